The molecule has 0 aromatic rings. The van der Waals surface area contributed by atoms with Gasteiger partial charge < -0.3 is 69.6 Å². The molecule has 334 valence electrons. The smallest absolute Gasteiger partial charge is 0.367 e. The summed E-state index contributed by atoms with van der Waals surface area (Å²) in [5, 5.41) is 1.39. The highest BCUT2D eigenvalue weighted by atomic mass is 31.2. The molecule has 0 aromatic carbocycles. The average Bonchev–Trinajstić information content (AvgIpc) is 2.96. The van der Waals surface area contributed by atoms with Gasteiger partial charge in [0, 0.05) is 28.7 Å². The summed E-state index contributed by atoms with van der Waals surface area (Å²) in [6.45, 7) is 14.6. The fourth-order valence-electron chi connectivity index (χ4n) is 4.44. The van der Waals surface area contributed by atoms with E-state index < -0.39 is 107 Å². The van der Waals surface area contributed by atoms with E-state index in [9.17, 15) is 46.9 Å². The molecule has 56 heavy (non-hydrogen) atoms. The molecule has 0 bridgehead atoms. The summed E-state index contributed by atoms with van der Waals surface area (Å²) < 4.78 is 66.7. The fourth-order valence-corrected chi connectivity index (χ4v) is 10.5. The second-order valence-corrected chi connectivity index (χ2v) is 26.1. The summed E-state index contributed by atoms with van der Waals surface area (Å²) >= 11 is 0. The Morgan fingerprint density at radius 1 is 0.536 bits per heavy atom. The van der Waals surface area contributed by atoms with Crippen LogP contribution in [0.3, 0.4) is 0 Å². The molecule has 0 radical (unpaired) electrons. The van der Waals surface area contributed by atoms with Crippen molar-refractivity contribution < 1.29 is 106 Å². The van der Waals surface area contributed by atoms with Crippen molar-refractivity contribution in [2.24, 2.45) is 22.0 Å². The van der Waals surface area contributed by atoms with E-state index in [1.165, 1.54) is 13.8 Å². The third kappa shape index (κ3) is 16.9. The summed E-state index contributed by atoms with van der Waals surface area (Å²) in [4.78, 5) is 143. The van der Waals surface area contributed by atoms with Crippen molar-refractivity contribution in [3.63, 3.8) is 0 Å². The first-order valence-electron chi connectivity index (χ1n) is 16.4. The maximum absolute atomic E-state index is 12.0. The molecule has 0 aliphatic rings. The predicted molar refractivity (Wildman–Crippen MR) is 203 cm³/mol. The van der Waals surface area contributed by atoms with Gasteiger partial charge in [-0.1, -0.05) is 75.2 Å². The van der Waals surface area contributed by atoms with Gasteiger partial charge in [0.2, 0.25) is 5.02 Å². The molecule has 0 fully saturated rings. The number of nitrogens with two attached hydrogens (primary N) is 1. The average molecular weight is 936 g/mol. The van der Waals surface area contributed by atoms with Crippen molar-refractivity contribution >= 4 is 62.9 Å². The van der Waals surface area contributed by atoms with Crippen LogP contribution in [0.1, 0.15) is 114 Å². The van der Waals surface area contributed by atoms with Crippen molar-refractivity contribution in [3.8, 4) is 0 Å². The van der Waals surface area contributed by atoms with Gasteiger partial charge in [-0.05, 0) is 25.7 Å². The van der Waals surface area contributed by atoms with Crippen LogP contribution in [0.2, 0.25) is 0 Å². The van der Waals surface area contributed by atoms with Gasteiger partial charge in [0.15, 0.2) is 10.8 Å². The Balaban J connectivity index is -0.000000753. The molecule has 0 spiro atoms. The number of rotatable bonds is 20. The summed E-state index contributed by atoms with van der Waals surface area (Å²) in [5.74, 6) is -2.21. The maximum Gasteiger partial charge on any atom is 0.369 e. The van der Waals surface area contributed by atoms with E-state index in [1.807, 2.05) is 6.92 Å². The van der Waals surface area contributed by atoms with E-state index >= 15 is 0 Å². The molecule has 23 nitrogen and oxygen atoms in total. The number of allylic oxidation sites excluding steroid dienone is 1. The number of Topliss-reactive ketones (excluding diaryl/α,β-unsaturated/α-hetero) is 2. The van der Waals surface area contributed by atoms with Gasteiger partial charge in [-0.2, -0.15) is 0 Å². The molecule has 0 amide bonds. The molecule has 15 N–H and O–H groups in total. The Bertz CT molecular complexity index is 1550. The highest BCUT2D eigenvalue weighted by molar-refractivity contribution is 7.77. The van der Waals surface area contributed by atoms with Crippen LogP contribution < -0.4 is 5.73 Å². The van der Waals surface area contributed by atoms with Crippen molar-refractivity contribution in [1.29, 1.82) is 0 Å². The van der Waals surface area contributed by atoms with E-state index in [1.54, 1.807) is 41.5 Å². The summed E-state index contributed by atoms with van der Waals surface area (Å²) in [6, 6.07) is 0. The molecule has 0 saturated carbocycles. The fraction of sp³-hybridized carbons (Fsp3) is 0.815. The van der Waals surface area contributed by atoms with Crippen LogP contribution in [0.25, 0.3) is 0 Å². The monoisotopic (exact) mass is 935 g/mol. The molecular weight excluding hydrogens is 876 g/mol. The second-order valence-electron chi connectivity index (χ2n) is 14.5. The first kappa shape index (κ1) is 59.9. The Kier molecular flexibility index (Phi) is 22.3. The third-order valence-electron chi connectivity index (χ3n) is 9.03. The van der Waals surface area contributed by atoms with Crippen molar-refractivity contribution in [2.75, 3.05) is 0 Å². The van der Waals surface area contributed by atoms with Gasteiger partial charge in [0.25, 0.3) is 5.08 Å². The molecule has 0 aliphatic heterocycles. The van der Waals surface area contributed by atoms with E-state index in [2.05, 4.69) is 0 Å². The Hall–Kier alpha value is -0.430. The van der Waals surface area contributed by atoms with Crippen LogP contribution in [-0.2, 0) is 41.8 Å². The Morgan fingerprint density at radius 3 is 1.04 bits per heavy atom. The van der Waals surface area contributed by atoms with Crippen LogP contribution in [-0.4, -0.2) is 91.3 Å². The lowest BCUT2D eigenvalue weighted by Gasteiger charge is -2.33. The minimum Gasteiger partial charge on any atom is -0.367 e. The summed E-state index contributed by atoms with van der Waals surface area (Å²) in [5.41, 5.74) is 2.32. The lowest BCUT2D eigenvalue weighted by molar-refractivity contribution is -0.129. The predicted octanol–water partition coefficient (Wildman–Crippen LogP) is 3.09. The van der Waals surface area contributed by atoms with Crippen LogP contribution in [0, 0.1) is 16.2 Å². The minimum atomic E-state index is -5.58. The molecule has 0 heterocycles. The first-order chi connectivity index (χ1) is 24.3. The van der Waals surface area contributed by atoms with E-state index in [4.69, 9.17) is 64.5 Å². The Labute approximate surface area is 324 Å². The van der Waals surface area contributed by atoms with Gasteiger partial charge in [0.05, 0.1) is 6.42 Å². The van der Waals surface area contributed by atoms with Crippen LogP contribution in [0.4, 0.5) is 0 Å². The SMILES string of the molecule is CCC(C)(CC)C(=O)C=C(P(=O)(O)O)P(=O)(O)O.CCCC(C)(C)C(=O)CC(N)(P(=O)(O)O)P(=O)(O)O.CCCC(C)(C)C(=O)CC(O)(P(=O)(O)O)P(=O)(O)O. The quantitative estimate of drug-likeness (QED) is 0.0616. The summed E-state index contributed by atoms with van der Waals surface area (Å²) in [7, 11) is -32.2. The molecule has 0 aromatic heterocycles. The van der Waals surface area contributed by atoms with E-state index in [0.29, 0.717) is 44.6 Å². The molecule has 29 heteroatoms. The molecule has 0 atom stereocenters. The third-order valence-corrected chi connectivity index (χ3v) is 19.7. The Morgan fingerprint density at radius 2 is 0.821 bits per heavy atom. The normalized spacial score (nSPS) is 14.1. The largest absolute Gasteiger partial charge is 0.369 e. The highest BCUT2D eigenvalue weighted by Gasteiger charge is 2.61. The molecule has 0 unspecified atom stereocenters. The van der Waals surface area contributed by atoms with Gasteiger partial charge in [0.1, 0.15) is 11.6 Å². The zero-order valence-electron chi connectivity index (χ0n) is 32.5. The van der Waals surface area contributed by atoms with E-state index in [0.717, 1.165) is 0 Å². The first-order valence-corrected chi connectivity index (χ1v) is 26.1. The molecule has 0 rings (SSSR count). The molecule has 0 aliphatic carbocycles. The highest BCUT2D eigenvalue weighted by Crippen LogP contribution is 2.70. The topological polar surface area (TPSA) is 443 Å². The maximum atomic E-state index is 12.0. The number of aliphatic hydroxyl groups is 1. The standard InChI is InChI=1S/C9H21NO7P2.C9H20O8P2.C9H18O7P2/c1-4-5-8(2,3)7(11)6-9(10,18(12,13)14)19(15,16)17;1-4-5-8(2,3)7(10)6-9(11,18(12,13)14)19(15,16)17;1-4-9(3,5-2)7(10)6-8(17(11,12)13)18(14,15)16/h4-6,10H2,1-3H3,(H2,12,13,14)(H2,15,16,17);11H,4-6H2,1-3H3,(H2,12,13,14)(H2,15,16,17);6H,4-5H2,1-3H3,(H2,11,12,13)(H2,14,15,16). The zero-order chi connectivity index (χ0) is 46.2. The van der Waals surface area contributed by atoms with Gasteiger partial charge in [-0.15, -0.1) is 0 Å². The van der Waals surface area contributed by atoms with Gasteiger partial charge >= 0.3 is 45.6 Å². The van der Waals surface area contributed by atoms with Crippen molar-refractivity contribution in [2.45, 2.75) is 124 Å². The van der Waals surface area contributed by atoms with Crippen molar-refractivity contribution in [1.82, 2.24) is 0 Å². The van der Waals surface area contributed by atoms with Crippen LogP contribution in [0.15, 0.2) is 11.1 Å². The van der Waals surface area contributed by atoms with Crippen molar-refractivity contribution in [3.05, 3.63) is 11.1 Å². The molecule has 0 saturated heterocycles. The number of ketones is 3. The lowest BCUT2D eigenvalue weighted by Crippen LogP contribution is -2.44. The number of carbonyl (C=O) groups is 3. The number of hydrogen-bond acceptors (Lipinski definition) is 11. The minimum absolute atomic E-state index is 0.365. The van der Waals surface area contributed by atoms with Crippen LogP contribution >= 0.6 is 45.6 Å². The summed E-state index contributed by atoms with van der Waals surface area (Å²) in [6.07, 6.45) is 0.847. The molecular formula is C27H59NO22P6. The van der Waals surface area contributed by atoms with Crippen LogP contribution in [0.5, 0.6) is 0 Å². The van der Waals surface area contributed by atoms with E-state index in [-0.39, 0.29) is 0 Å². The van der Waals surface area contributed by atoms with Gasteiger partial charge in [-0.25, -0.2) is 0 Å². The second kappa shape index (κ2) is 20.9. The number of carbonyl (C=O) groups excluding carboxylic acids is 3. The zero-order valence-corrected chi connectivity index (χ0v) is 37.8. The van der Waals surface area contributed by atoms with Gasteiger partial charge in [-0.3, -0.25) is 41.8 Å². The number of hydrogen-bond donors (Lipinski definition) is 14. The lowest BCUT2D eigenvalue weighted by atomic mass is 9.80.